The van der Waals surface area contributed by atoms with E-state index in [9.17, 15) is 15.3 Å². The van der Waals surface area contributed by atoms with Crippen LogP contribution in [0.5, 0.6) is 17.4 Å². The lowest BCUT2D eigenvalue weighted by atomic mass is 9.48. The van der Waals surface area contributed by atoms with Crippen molar-refractivity contribution in [1.29, 1.82) is 0 Å². The third-order valence-corrected chi connectivity index (χ3v) is 8.90. The summed E-state index contributed by atoms with van der Waals surface area (Å²) in [6, 6.07) is 14.1. The number of aromatic nitrogens is 3. The van der Waals surface area contributed by atoms with Crippen LogP contribution in [-0.4, -0.2) is 29.7 Å². The maximum absolute atomic E-state index is 11.3. The van der Waals surface area contributed by atoms with Crippen LogP contribution >= 0.6 is 0 Å². The van der Waals surface area contributed by atoms with Crippen LogP contribution < -0.4 is 0 Å². The normalized spacial score (nSPS) is 26.6. The van der Waals surface area contributed by atoms with Gasteiger partial charge in [-0.25, -0.2) is 9.97 Å². The second-order valence-corrected chi connectivity index (χ2v) is 11.6. The quantitative estimate of drug-likeness (QED) is 0.332. The standard InChI is InChI=1S/C30H31N3O3/c34-23-5-1-18(2-6-23)12-25-29(36)33-17-27(22-3-7-24(35)8-4-22)31-26(28(33)32-25)16-30-13-19-9-20(14-30)11-21(10-19)15-30/h1-8,17,19-21,34-36H,9-16H2. The second kappa shape index (κ2) is 7.99. The lowest BCUT2D eigenvalue weighted by molar-refractivity contribution is -0.0525. The van der Waals surface area contributed by atoms with Crippen LogP contribution in [0.3, 0.4) is 0 Å². The molecule has 0 spiro atoms. The van der Waals surface area contributed by atoms with Crippen molar-refractivity contribution in [2.24, 2.45) is 23.2 Å². The molecule has 4 aliphatic rings. The van der Waals surface area contributed by atoms with Crippen molar-refractivity contribution < 1.29 is 15.3 Å². The van der Waals surface area contributed by atoms with E-state index in [-0.39, 0.29) is 22.8 Å². The van der Waals surface area contributed by atoms with Crippen molar-refractivity contribution in [2.45, 2.75) is 51.4 Å². The maximum atomic E-state index is 11.3. The van der Waals surface area contributed by atoms with Crippen LogP contribution in [0.15, 0.2) is 54.7 Å². The number of aromatic hydroxyl groups is 3. The molecule has 4 fully saturated rings. The molecule has 4 bridgehead atoms. The Kier molecular flexibility index (Phi) is 4.82. The summed E-state index contributed by atoms with van der Waals surface area (Å²) in [5.74, 6) is 3.13. The summed E-state index contributed by atoms with van der Waals surface area (Å²) in [6.45, 7) is 0. The van der Waals surface area contributed by atoms with Gasteiger partial charge in [0.25, 0.3) is 0 Å². The Bertz CT molecular complexity index is 1400. The second-order valence-electron chi connectivity index (χ2n) is 11.6. The first kappa shape index (κ1) is 21.7. The van der Waals surface area contributed by atoms with E-state index in [0.29, 0.717) is 12.1 Å². The molecule has 4 saturated carbocycles. The van der Waals surface area contributed by atoms with Gasteiger partial charge >= 0.3 is 0 Å². The minimum absolute atomic E-state index is 0.132. The summed E-state index contributed by atoms with van der Waals surface area (Å²) in [5.41, 5.74) is 5.22. The molecule has 36 heavy (non-hydrogen) atoms. The molecule has 0 radical (unpaired) electrons. The van der Waals surface area contributed by atoms with Gasteiger partial charge in [0.1, 0.15) is 17.2 Å². The summed E-state index contributed by atoms with van der Waals surface area (Å²) in [5, 5.41) is 30.7. The van der Waals surface area contributed by atoms with Crippen molar-refractivity contribution in [3.05, 3.63) is 71.7 Å². The van der Waals surface area contributed by atoms with E-state index in [4.69, 9.17) is 9.97 Å². The Balaban J connectivity index is 1.33. The van der Waals surface area contributed by atoms with E-state index in [0.717, 1.165) is 52.3 Å². The topological polar surface area (TPSA) is 90.9 Å². The number of benzene rings is 2. The first-order valence-corrected chi connectivity index (χ1v) is 13.1. The minimum atomic E-state index is 0.132. The number of imidazole rings is 1. The van der Waals surface area contributed by atoms with Crippen LogP contribution in [0.4, 0.5) is 0 Å². The van der Waals surface area contributed by atoms with E-state index in [1.807, 2.05) is 30.5 Å². The molecular weight excluding hydrogens is 450 g/mol. The van der Waals surface area contributed by atoms with E-state index in [1.54, 1.807) is 28.7 Å². The average molecular weight is 482 g/mol. The smallest absolute Gasteiger partial charge is 0.219 e. The molecule has 0 atom stereocenters. The highest BCUT2D eigenvalue weighted by atomic mass is 16.3. The predicted octanol–water partition coefficient (Wildman–Crippen LogP) is 5.86. The van der Waals surface area contributed by atoms with Crippen molar-refractivity contribution in [1.82, 2.24) is 14.4 Å². The fourth-order valence-corrected chi connectivity index (χ4v) is 7.82. The fourth-order valence-electron chi connectivity index (χ4n) is 7.82. The summed E-state index contributed by atoms with van der Waals surface area (Å²) in [4.78, 5) is 10.1. The van der Waals surface area contributed by atoms with Crippen LogP contribution in [0.2, 0.25) is 0 Å². The highest BCUT2D eigenvalue weighted by Crippen LogP contribution is 2.61. The van der Waals surface area contributed by atoms with Crippen LogP contribution in [-0.2, 0) is 12.8 Å². The van der Waals surface area contributed by atoms with E-state index < -0.39 is 0 Å². The number of hydrogen-bond acceptors (Lipinski definition) is 5. The highest BCUT2D eigenvalue weighted by Gasteiger charge is 2.51. The largest absolute Gasteiger partial charge is 0.508 e. The molecule has 8 rings (SSSR count). The van der Waals surface area contributed by atoms with E-state index in [1.165, 1.54) is 38.5 Å². The molecule has 4 aliphatic carbocycles. The first-order valence-electron chi connectivity index (χ1n) is 13.1. The Hall–Kier alpha value is -3.54. The van der Waals surface area contributed by atoms with Gasteiger partial charge in [-0.3, -0.25) is 4.40 Å². The van der Waals surface area contributed by atoms with Gasteiger partial charge in [0.15, 0.2) is 5.65 Å². The van der Waals surface area contributed by atoms with Crippen LogP contribution in [0.1, 0.15) is 55.5 Å². The number of hydrogen-bond donors (Lipinski definition) is 3. The number of rotatable bonds is 5. The Morgan fingerprint density at radius 3 is 1.94 bits per heavy atom. The van der Waals surface area contributed by atoms with Crippen molar-refractivity contribution in [2.75, 3.05) is 0 Å². The number of nitrogens with zero attached hydrogens (tertiary/aromatic N) is 3. The summed E-state index contributed by atoms with van der Waals surface area (Å²) >= 11 is 0. The van der Waals surface area contributed by atoms with Gasteiger partial charge in [-0.05, 0) is 110 Å². The molecule has 0 aliphatic heterocycles. The van der Waals surface area contributed by atoms with Crippen LogP contribution in [0, 0.1) is 23.2 Å². The van der Waals surface area contributed by atoms with Crippen molar-refractivity contribution in [3.63, 3.8) is 0 Å². The van der Waals surface area contributed by atoms with Crippen LogP contribution in [0.25, 0.3) is 16.9 Å². The SMILES string of the molecule is Oc1ccc(Cc2nc3c(CC45CC6CC(CC(C6)C4)C5)nc(-c4ccc(O)cc4)cn3c2O)cc1. The molecule has 6 heteroatoms. The highest BCUT2D eigenvalue weighted by molar-refractivity contribution is 5.63. The van der Waals surface area contributed by atoms with Gasteiger partial charge in [0.05, 0.1) is 11.4 Å². The average Bonchev–Trinajstić information content (AvgIpc) is 3.15. The molecule has 6 nitrogen and oxygen atoms in total. The van der Waals surface area contributed by atoms with E-state index >= 15 is 0 Å². The zero-order valence-electron chi connectivity index (χ0n) is 20.3. The van der Waals surface area contributed by atoms with Gasteiger partial charge in [0, 0.05) is 18.2 Å². The lowest BCUT2D eigenvalue weighted by Gasteiger charge is -2.57. The predicted molar refractivity (Wildman–Crippen MR) is 137 cm³/mol. The monoisotopic (exact) mass is 481 g/mol. The molecule has 2 aromatic carbocycles. The van der Waals surface area contributed by atoms with Crippen molar-refractivity contribution >= 4 is 5.65 Å². The zero-order chi connectivity index (χ0) is 24.4. The lowest BCUT2D eigenvalue weighted by Crippen LogP contribution is -2.47. The Labute approximate surface area is 210 Å². The van der Waals surface area contributed by atoms with Gasteiger partial charge in [0.2, 0.25) is 5.88 Å². The molecule has 0 unspecified atom stereocenters. The number of fused-ring (bicyclic) bond motifs is 1. The minimum Gasteiger partial charge on any atom is -0.508 e. The summed E-state index contributed by atoms with van der Waals surface area (Å²) in [6.07, 6.45) is 11.3. The number of phenolic OH excluding ortho intramolecular Hbond substituents is 2. The molecular formula is C30H31N3O3. The Morgan fingerprint density at radius 1 is 0.750 bits per heavy atom. The number of phenols is 2. The van der Waals surface area contributed by atoms with Crippen molar-refractivity contribution in [3.8, 4) is 28.6 Å². The fraction of sp³-hybridized carbons (Fsp3) is 0.400. The van der Waals surface area contributed by atoms with Gasteiger partial charge in [-0.15, -0.1) is 0 Å². The zero-order valence-corrected chi connectivity index (χ0v) is 20.3. The summed E-state index contributed by atoms with van der Waals surface area (Å²) < 4.78 is 1.79. The first-order chi connectivity index (χ1) is 17.4. The van der Waals surface area contributed by atoms with Gasteiger partial charge in [-0.2, -0.15) is 0 Å². The maximum Gasteiger partial charge on any atom is 0.219 e. The van der Waals surface area contributed by atoms with Gasteiger partial charge < -0.3 is 15.3 Å². The molecule has 2 aromatic heterocycles. The molecule has 3 N–H and O–H groups in total. The molecule has 0 amide bonds. The summed E-state index contributed by atoms with van der Waals surface area (Å²) in [7, 11) is 0. The molecule has 4 aromatic rings. The Morgan fingerprint density at radius 2 is 1.33 bits per heavy atom. The third-order valence-electron chi connectivity index (χ3n) is 8.90. The molecule has 184 valence electrons. The third kappa shape index (κ3) is 3.71. The molecule has 0 saturated heterocycles. The van der Waals surface area contributed by atoms with E-state index in [2.05, 4.69) is 0 Å². The molecule has 2 heterocycles. The van der Waals surface area contributed by atoms with Gasteiger partial charge in [-0.1, -0.05) is 12.1 Å².